The molecule has 2 aromatic carbocycles. The largest absolute Gasteiger partial charge is 0.454 e. The number of anilines is 1. The molecule has 2 aliphatic rings. The first kappa shape index (κ1) is 20.4. The van der Waals surface area contributed by atoms with Crippen molar-refractivity contribution in [1.29, 1.82) is 0 Å². The molecule has 4 rings (SSSR count). The number of ether oxygens (including phenoxy) is 2. The van der Waals surface area contributed by atoms with Crippen molar-refractivity contribution < 1.29 is 28.9 Å². The van der Waals surface area contributed by atoms with Gasteiger partial charge >= 0.3 is 0 Å². The summed E-state index contributed by atoms with van der Waals surface area (Å²) in [6, 6.07) is 13.1. The Morgan fingerprint density at radius 2 is 1.77 bits per heavy atom. The zero-order valence-electron chi connectivity index (χ0n) is 17.5. The highest BCUT2D eigenvalue weighted by Crippen LogP contribution is 2.32. The van der Waals surface area contributed by atoms with Crippen LogP contribution in [0.2, 0.25) is 0 Å². The number of hydrogen-bond donors (Lipinski definition) is 3. The second-order valence-electron chi connectivity index (χ2n) is 8.09. The van der Waals surface area contributed by atoms with Gasteiger partial charge < -0.3 is 24.6 Å². The summed E-state index contributed by atoms with van der Waals surface area (Å²) < 4.78 is 10.9. The predicted molar refractivity (Wildman–Crippen MR) is 112 cm³/mol. The highest BCUT2D eigenvalue weighted by molar-refractivity contribution is 6.04. The lowest BCUT2D eigenvalue weighted by molar-refractivity contribution is -1.02. The number of rotatable bonds is 6. The van der Waals surface area contributed by atoms with Crippen molar-refractivity contribution in [3.8, 4) is 11.5 Å². The second kappa shape index (κ2) is 8.85. The molecule has 1 amide bonds. The van der Waals surface area contributed by atoms with Gasteiger partial charge in [-0.25, -0.2) is 0 Å². The van der Waals surface area contributed by atoms with Crippen LogP contribution in [0.3, 0.4) is 0 Å². The molecule has 1 atom stereocenters. The lowest BCUT2D eigenvalue weighted by atomic mass is 10.1. The number of fused-ring (bicyclic) bond motifs is 1. The number of hydrogen-bond acceptors (Lipinski definition) is 4. The van der Waals surface area contributed by atoms with Crippen LogP contribution in [0.25, 0.3) is 0 Å². The van der Waals surface area contributed by atoms with Gasteiger partial charge in [0.25, 0.3) is 5.91 Å². The average Bonchev–Trinajstić information content (AvgIpc) is 3.22. The van der Waals surface area contributed by atoms with E-state index in [4.69, 9.17) is 9.47 Å². The van der Waals surface area contributed by atoms with Crippen molar-refractivity contribution in [3.05, 3.63) is 53.6 Å². The van der Waals surface area contributed by atoms with Crippen molar-refractivity contribution in [2.45, 2.75) is 26.4 Å². The zero-order valence-corrected chi connectivity index (χ0v) is 17.5. The minimum Gasteiger partial charge on any atom is -0.454 e. The Kier molecular flexibility index (Phi) is 6.01. The fourth-order valence-electron chi connectivity index (χ4n) is 4.20. The lowest BCUT2D eigenvalue weighted by Gasteiger charge is -2.32. The first-order valence-electron chi connectivity index (χ1n) is 10.5. The Bertz CT molecular complexity index is 938. The fraction of sp³-hybridized carbons (Fsp3) is 0.391. The molecule has 158 valence electrons. The van der Waals surface area contributed by atoms with E-state index in [2.05, 4.69) is 17.4 Å². The van der Waals surface area contributed by atoms with Gasteiger partial charge in [-0.15, -0.1) is 0 Å². The van der Waals surface area contributed by atoms with Crippen molar-refractivity contribution in [1.82, 2.24) is 0 Å². The first-order chi connectivity index (χ1) is 14.5. The molecule has 1 fully saturated rings. The summed E-state index contributed by atoms with van der Waals surface area (Å²) in [4.78, 5) is 27.4. The van der Waals surface area contributed by atoms with Crippen LogP contribution in [-0.4, -0.2) is 50.7 Å². The Labute approximate surface area is 176 Å². The van der Waals surface area contributed by atoms with E-state index in [0.29, 0.717) is 18.0 Å². The summed E-state index contributed by atoms with van der Waals surface area (Å²) in [5.41, 5.74) is 2.38. The van der Waals surface area contributed by atoms with Crippen molar-refractivity contribution in [2.75, 3.05) is 38.3 Å². The number of carbonyl (C=O) groups is 2. The SMILES string of the molecule is CC(=O)c1ccccc1NC(=O)[C@@H](C)[NH+]1CC[NH+](Cc2ccc3c(c2)OCO3)CC1. The van der Waals surface area contributed by atoms with Gasteiger partial charge in [0, 0.05) is 11.1 Å². The van der Waals surface area contributed by atoms with Gasteiger partial charge in [0.2, 0.25) is 6.79 Å². The number of carbonyl (C=O) groups excluding carboxylic acids is 2. The van der Waals surface area contributed by atoms with Gasteiger partial charge in [-0.1, -0.05) is 12.1 Å². The number of benzene rings is 2. The standard InChI is InChI=1S/C23H27N3O4/c1-16(23(28)24-20-6-4-3-5-19(20)17(2)27)26-11-9-25(10-12-26)14-18-7-8-21-22(13-18)30-15-29-21/h3-8,13,16H,9-12,14-15H2,1-2H3,(H,24,28)/p+2/t16-/m1/s1. The molecule has 3 N–H and O–H groups in total. The van der Waals surface area contributed by atoms with Gasteiger partial charge in [0.15, 0.2) is 23.3 Å². The molecule has 0 aromatic heterocycles. The van der Waals surface area contributed by atoms with E-state index in [1.165, 1.54) is 22.3 Å². The van der Waals surface area contributed by atoms with E-state index in [1.54, 1.807) is 12.1 Å². The third kappa shape index (κ3) is 4.47. The molecule has 0 aliphatic carbocycles. The van der Waals surface area contributed by atoms with Crippen LogP contribution >= 0.6 is 0 Å². The molecule has 30 heavy (non-hydrogen) atoms. The quantitative estimate of drug-likeness (QED) is 0.582. The molecule has 0 radical (unpaired) electrons. The summed E-state index contributed by atoms with van der Waals surface area (Å²) in [6.07, 6.45) is 0. The zero-order chi connectivity index (χ0) is 21.1. The smallest absolute Gasteiger partial charge is 0.282 e. The molecule has 0 saturated carbocycles. The van der Waals surface area contributed by atoms with Crippen LogP contribution in [-0.2, 0) is 11.3 Å². The normalized spacial score (nSPS) is 21.1. The summed E-state index contributed by atoms with van der Waals surface area (Å²) in [5, 5.41) is 2.95. The Hall–Kier alpha value is -2.90. The number of Topliss-reactive ketones (excluding diaryl/α,β-unsaturated/α-hetero) is 1. The van der Waals surface area contributed by atoms with E-state index in [-0.39, 0.29) is 17.7 Å². The van der Waals surface area contributed by atoms with Gasteiger partial charge in [0.05, 0.1) is 5.69 Å². The molecule has 0 bridgehead atoms. The molecule has 2 aliphatic heterocycles. The van der Waals surface area contributed by atoms with Gasteiger partial charge in [-0.05, 0) is 44.2 Å². The molecule has 2 aromatic rings. The molecule has 7 heteroatoms. The summed E-state index contributed by atoms with van der Waals surface area (Å²) in [6.45, 7) is 8.59. The van der Waals surface area contributed by atoms with E-state index >= 15 is 0 Å². The topological polar surface area (TPSA) is 73.5 Å². The van der Waals surface area contributed by atoms with Gasteiger partial charge in [0.1, 0.15) is 32.7 Å². The monoisotopic (exact) mass is 411 g/mol. The fourth-order valence-corrected chi connectivity index (χ4v) is 4.20. The molecule has 0 spiro atoms. The van der Waals surface area contributed by atoms with E-state index in [9.17, 15) is 9.59 Å². The third-order valence-corrected chi connectivity index (χ3v) is 6.06. The number of quaternary nitrogens is 2. The Morgan fingerprint density at radius 3 is 2.53 bits per heavy atom. The molecule has 7 nitrogen and oxygen atoms in total. The molecular weight excluding hydrogens is 382 g/mol. The average molecular weight is 412 g/mol. The maximum absolute atomic E-state index is 12.8. The van der Waals surface area contributed by atoms with Crippen LogP contribution in [0.1, 0.15) is 29.8 Å². The summed E-state index contributed by atoms with van der Waals surface area (Å²) in [5.74, 6) is 1.55. The van der Waals surface area contributed by atoms with E-state index in [0.717, 1.165) is 44.2 Å². The minimum atomic E-state index is -0.169. The minimum absolute atomic E-state index is 0.0436. The van der Waals surface area contributed by atoms with Gasteiger partial charge in [-0.2, -0.15) is 0 Å². The van der Waals surface area contributed by atoms with Crippen LogP contribution in [0, 0.1) is 0 Å². The predicted octanol–water partition coefficient (Wildman–Crippen LogP) is -0.0715. The van der Waals surface area contributed by atoms with Crippen LogP contribution in [0.4, 0.5) is 5.69 Å². The maximum atomic E-state index is 12.8. The third-order valence-electron chi connectivity index (χ3n) is 6.06. The Balaban J connectivity index is 1.30. The van der Waals surface area contributed by atoms with E-state index in [1.807, 2.05) is 25.1 Å². The van der Waals surface area contributed by atoms with Crippen molar-refractivity contribution in [2.24, 2.45) is 0 Å². The summed E-state index contributed by atoms with van der Waals surface area (Å²) >= 11 is 0. The number of piperazine rings is 1. The maximum Gasteiger partial charge on any atom is 0.282 e. The first-order valence-corrected chi connectivity index (χ1v) is 10.5. The number of para-hydroxylation sites is 1. The van der Waals surface area contributed by atoms with Crippen LogP contribution < -0.4 is 24.6 Å². The molecule has 1 saturated heterocycles. The molecular formula is C23H29N3O4+2. The lowest BCUT2D eigenvalue weighted by Crippen LogP contribution is -3.29. The second-order valence-corrected chi connectivity index (χ2v) is 8.09. The van der Waals surface area contributed by atoms with Crippen LogP contribution in [0.5, 0.6) is 11.5 Å². The van der Waals surface area contributed by atoms with E-state index < -0.39 is 0 Å². The number of nitrogens with one attached hydrogen (secondary N) is 3. The summed E-state index contributed by atoms with van der Waals surface area (Å²) in [7, 11) is 0. The number of ketones is 1. The van der Waals surface area contributed by atoms with Gasteiger partial charge in [-0.3, -0.25) is 9.59 Å². The number of amides is 1. The highest BCUT2D eigenvalue weighted by atomic mass is 16.7. The molecule has 0 unspecified atom stereocenters. The Morgan fingerprint density at radius 1 is 1.03 bits per heavy atom. The highest BCUT2D eigenvalue weighted by Gasteiger charge is 2.31. The van der Waals surface area contributed by atoms with Crippen molar-refractivity contribution >= 4 is 17.4 Å². The van der Waals surface area contributed by atoms with Crippen molar-refractivity contribution in [3.63, 3.8) is 0 Å². The molecule has 2 heterocycles. The van der Waals surface area contributed by atoms with Crippen LogP contribution in [0.15, 0.2) is 42.5 Å².